The molecule has 1 heterocycles. The fourth-order valence-corrected chi connectivity index (χ4v) is 2.87. The van der Waals surface area contributed by atoms with Crippen molar-refractivity contribution in [1.29, 1.82) is 0 Å². The van der Waals surface area contributed by atoms with Gasteiger partial charge in [-0.25, -0.2) is 4.39 Å². The molecule has 138 valence electrons. The van der Waals surface area contributed by atoms with E-state index < -0.39 is 23.5 Å². The third-order valence-corrected chi connectivity index (χ3v) is 4.06. The Kier molecular flexibility index (Phi) is 5.99. The Labute approximate surface area is 142 Å². The summed E-state index contributed by atoms with van der Waals surface area (Å²) in [5.41, 5.74) is 3.94. The minimum absolute atomic E-state index is 0.0662. The van der Waals surface area contributed by atoms with Crippen molar-refractivity contribution < 1.29 is 27.2 Å². The number of hydrogen-bond acceptors (Lipinski definition) is 3. The Balaban J connectivity index is 1.95. The highest BCUT2D eigenvalue weighted by Crippen LogP contribution is 2.31. The smallest absolute Gasteiger partial charge is 0.369 e. The highest BCUT2D eigenvalue weighted by atomic mass is 19.4. The van der Waals surface area contributed by atoms with E-state index in [0.29, 0.717) is 25.6 Å². The molecule has 0 bridgehead atoms. The number of nitrogens with one attached hydrogen (secondary N) is 1. The second kappa shape index (κ2) is 7.81. The number of likely N-dealkylation sites (tertiary alicyclic amines) is 1. The van der Waals surface area contributed by atoms with Gasteiger partial charge in [0.05, 0.1) is 18.0 Å². The van der Waals surface area contributed by atoms with Gasteiger partial charge in [-0.15, -0.1) is 0 Å². The third-order valence-electron chi connectivity index (χ3n) is 4.06. The van der Waals surface area contributed by atoms with Crippen molar-refractivity contribution in [2.75, 3.05) is 19.6 Å². The van der Waals surface area contributed by atoms with E-state index >= 15 is 0 Å². The molecule has 2 amide bonds. The van der Waals surface area contributed by atoms with Crippen LogP contribution in [0.25, 0.3) is 0 Å². The monoisotopic (exact) mass is 361 g/mol. The number of nitrogens with two attached hydrogens (primary N) is 1. The van der Waals surface area contributed by atoms with Crippen LogP contribution in [0, 0.1) is 11.7 Å². The van der Waals surface area contributed by atoms with Gasteiger partial charge in [0.15, 0.2) is 0 Å². The number of carbonyl (C=O) groups excluding carboxylic acids is 2. The second-order valence-electron chi connectivity index (χ2n) is 6.07. The molecule has 0 unspecified atom stereocenters. The lowest BCUT2D eigenvalue weighted by atomic mass is 9.97. The van der Waals surface area contributed by atoms with Crippen molar-refractivity contribution >= 4 is 11.8 Å². The molecule has 1 atom stereocenters. The summed E-state index contributed by atoms with van der Waals surface area (Å²) in [6.07, 6.45) is -3.44. The molecule has 1 aromatic rings. The largest absolute Gasteiger partial charge is 0.419 e. The quantitative estimate of drug-likeness (QED) is 0.784. The van der Waals surface area contributed by atoms with E-state index in [1.807, 2.05) is 0 Å². The minimum atomic E-state index is -4.79. The summed E-state index contributed by atoms with van der Waals surface area (Å²) in [6, 6.07) is 2.63. The lowest BCUT2D eigenvalue weighted by Gasteiger charge is -2.31. The average molecular weight is 361 g/mol. The molecule has 5 nitrogen and oxygen atoms in total. The summed E-state index contributed by atoms with van der Waals surface area (Å²) in [4.78, 5) is 24.9. The summed E-state index contributed by atoms with van der Waals surface area (Å²) < 4.78 is 51.3. The van der Waals surface area contributed by atoms with E-state index in [0.717, 1.165) is 12.5 Å². The fourth-order valence-electron chi connectivity index (χ4n) is 2.87. The number of rotatable bonds is 5. The van der Waals surface area contributed by atoms with Crippen LogP contribution in [0.3, 0.4) is 0 Å². The molecule has 0 spiro atoms. The maximum absolute atomic E-state index is 13.3. The van der Waals surface area contributed by atoms with Crippen LogP contribution >= 0.6 is 0 Å². The molecule has 1 aliphatic heterocycles. The van der Waals surface area contributed by atoms with Gasteiger partial charge in [-0.2, -0.15) is 13.2 Å². The number of carbonyl (C=O) groups is 2. The lowest BCUT2D eigenvalue weighted by Crippen LogP contribution is -2.45. The number of primary amides is 1. The molecule has 1 aromatic carbocycles. The first kappa shape index (κ1) is 19.2. The fraction of sp³-hybridized carbons (Fsp3) is 0.500. The molecule has 1 fully saturated rings. The predicted octanol–water partition coefficient (Wildman–Crippen LogP) is 1.66. The van der Waals surface area contributed by atoms with Gasteiger partial charge in [0.25, 0.3) is 0 Å². The number of amides is 2. The molecule has 2 rings (SSSR count). The van der Waals surface area contributed by atoms with Crippen LogP contribution in [-0.2, 0) is 22.3 Å². The first-order chi connectivity index (χ1) is 11.7. The summed E-state index contributed by atoms with van der Waals surface area (Å²) in [7, 11) is 0. The molecule has 0 aliphatic carbocycles. The van der Waals surface area contributed by atoms with Gasteiger partial charge in [0.1, 0.15) is 5.82 Å². The van der Waals surface area contributed by atoms with Crippen molar-refractivity contribution in [2.45, 2.75) is 25.6 Å². The standard InChI is InChI=1S/C16H19F4N3O2/c17-13-4-3-10(6-12(13)16(18,19)20)7-22-15(25)11-2-1-5-23(8-11)9-14(21)24/h3-4,6,11H,1-2,5,7-9H2,(H2,21,24)(H,22,25)/t11-/m1/s1. The zero-order valence-electron chi connectivity index (χ0n) is 13.4. The van der Waals surface area contributed by atoms with E-state index in [-0.39, 0.29) is 30.5 Å². The van der Waals surface area contributed by atoms with Crippen LogP contribution < -0.4 is 11.1 Å². The number of alkyl halides is 3. The van der Waals surface area contributed by atoms with Crippen LogP contribution in [0.5, 0.6) is 0 Å². The minimum Gasteiger partial charge on any atom is -0.369 e. The molecule has 0 aromatic heterocycles. The van der Waals surface area contributed by atoms with Crippen molar-refractivity contribution in [3.05, 3.63) is 35.1 Å². The number of nitrogens with zero attached hydrogens (tertiary/aromatic N) is 1. The number of halogens is 4. The maximum atomic E-state index is 13.3. The zero-order chi connectivity index (χ0) is 18.6. The van der Waals surface area contributed by atoms with Crippen LogP contribution in [0.15, 0.2) is 18.2 Å². The van der Waals surface area contributed by atoms with Crippen molar-refractivity contribution in [3.63, 3.8) is 0 Å². The molecule has 25 heavy (non-hydrogen) atoms. The second-order valence-corrected chi connectivity index (χ2v) is 6.07. The highest BCUT2D eigenvalue weighted by Gasteiger charge is 2.34. The van der Waals surface area contributed by atoms with Crippen molar-refractivity contribution in [1.82, 2.24) is 10.2 Å². The predicted molar refractivity (Wildman–Crippen MR) is 81.6 cm³/mol. The van der Waals surface area contributed by atoms with Gasteiger partial charge >= 0.3 is 6.18 Å². The highest BCUT2D eigenvalue weighted by molar-refractivity contribution is 5.79. The van der Waals surface area contributed by atoms with Gasteiger partial charge in [-0.3, -0.25) is 14.5 Å². The average Bonchev–Trinajstić information content (AvgIpc) is 2.52. The van der Waals surface area contributed by atoms with Crippen molar-refractivity contribution in [3.8, 4) is 0 Å². The Morgan fingerprint density at radius 2 is 2.04 bits per heavy atom. The number of hydrogen-bond donors (Lipinski definition) is 2. The summed E-state index contributed by atoms with van der Waals surface area (Å²) >= 11 is 0. The van der Waals surface area contributed by atoms with E-state index in [1.165, 1.54) is 6.07 Å². The molecule has 3 N–H and O–H groups in total. The Morgan fingerprint density at radius 1 is 1.32 bits per heavy atom. The van der Waals surface area contributed by atoms with Crippen LogP contribution in [-0.4, -0.2) is 36.3 Å². The third kappa shape index (κ3) is 5.42. The van der Waals surface area contributed by atoms with Gasteiger partial charge in [-0.1, -0.05) is 6.07 Å². The van der Waals surface area contributed by atoms with E-state index in [1.54, 1.807) is 4.90 Å². The van der Waals surface area contributed by atoms with Crippen LogP contribution in [0.1, 0.15) is 24.0 Å². The van der Waals surface area contributed by atoms with E-state index in [9.17, 15) is 27.2 Å². The topological polar surface area (TPSA) is 75.4 Å². The molecule has 0 radical (unpaired) electrons. The van der Waals surface area contributed by atoms with E-state index in [4.69, 9.17) is 5.73 Å². The van der Waals surface area contributed by atoms with E-state index in [2.05, 4.69) is 5.32 Å². The molecule has 1 aliphatic rings. The van der Waals surface area contributed by atoms with Gasteiger partial charge in [-0.05, 0) is 37.1 Å². The van der Waals surface area contributed by atoms with Gasteiger partial charge in [0, 0.05) is 13.1 Å². The Morgan fingerprint density at radius 3 is 2.68 bits per heavy atom. The Hall–Kier alpha value is -2.16. The first-order valence-corrected chi connectivity index (χ1v) is 7.81. The first-order valence-electron chi connectivity index (χ1n) is 7.81. The van der Waals surface area contributed by atoms with Gasteiger partial charge < -0.3 is 11.1 Å². The number of benzene rings is 1. The number of piperidine rings is 1. The van der Waals surface area contributed by atoms with Crippen molar-refractivity contribution in [2.24, 2.45) is 11.7 Å². The molecule has 9 heteroatoms. The van der Waals surface area contributed by atoms with Crippen LogP contribution in [0.2, 0.25) is 0 Å². The normalized spacial score (nSPS) is 18.8. The summed E-state index contributed by atoms with van der Waals surface area (Å²) in [5.74, 6) is -2.51. The maximum Gasteiger partial charge on any atom is 0.419 e. The summed E-state index contributed by atoms with van der Waals surface area (Å²) in [5, 5.41) is 2.57. The lowest BCUT2D eigenvalue weighted by molar-refractivity contribution is -0.140. The SMILES string of the molecule is NC(=O)CN1CCC[C@@H](C(=O)NCc2ccc(F)c(C(F)(F)F)c2)C1. The molecule has 1 saturated heterocycles. The Bertz CT molecular complexity index is 649. The molecule has 0 saturated carbocycles. The molecular formula is C16H19F4N3O2. The summed E-state index contributed by atoms with van der Waals surface area (Å²) in [6.45, 7) is 0.969. The van der Waals surface area contributed by atoms with Crippen LogP contribution in [0.4, 0.5) is 17.6 Å². The van der Waals surface area contributed by atoms with Gasteiger partial charge in [0.2, 0.25) is 11.8 Å². The zero-order valence-corrected chi connectivity index (χ0v) is 13.4. The molecular weight excluding hydrogens is 342 g/mol.